The van der Waals surface area contributed by atoms with Gasteiger partial charge in [0.25, 0.3) is 0 Å². The SMILES string of the molecule is CCC1(C(O)c2ccc(C3CCCCC3)cc2)CCCC1. The van der Waals surface area contributed by atoms with E-state index in [1.165, 1.54) is 63.4 Å². The van der Waals surface area contributed by atoms with E-state index in [0.717, 1.165) is 17.9 Å². The summed E-state index contributed by atoms with van der Waals surface area (Å²) in [5.41, 5.74) is 2.77. The summed E-state index contributed by atoms with van der Waals surface area (Å²) >= 11 is 0. The summed E-state index contributed by atoms with van der Waals surface area (Å²) in [6.07, 6.45) is 12.6. The van der Waals surface area contributed by atoms with E-state index < -0.39 is 0 Å². The largest absolute Gasteiger partial charge is 0.388 e. The Bertz CT molecular complexity index is 435. The number of rotatable bonds is 4. The lowest BCUT2D eigenvalue weighted by Gasteiger charge is -2.34. The van der Waals surface area contributed by atoms with Crippen LogP contribution in [0.5, 0.6) is 0 Å². The van der Waals surface area contributed by atoms with Crippen molar-refractivity contribution in [2.24, 2.45) is 5.41 Å². The summed E-state index contributed by atoms with van der Waals surface area (Å²) in [4.78, 5) is 0. The van der Waals surface area contributed by atoms with Crippen molar-refractivity contribution in [3.63, 3.8) is 0 Å². The molecule has 1 N–H and O–H groups in total. The van der Waals surface area contributed by atoms with Crippen LogP contribution in [0.25, 0.3) is 0 Å². The van der Waals surface area contributed by atoms with Crippen LogP contribution in [0.15, 0.2) is 24.3 Å². The fraction of sp³-hybridized carbons (Fsp3) is 0.700. The van der Waals surface area contributed by atoms with Crippen LogP contribution in [0, 0.1) is 5.41 Å². The maximum atomic E-state index is 10.9. The predicted octanol–water partition coefficient (Wildman–Crippen LogP) is 5.74. The Kier molecular flexibility index (Phi) is 4.69. The van der Waals surface area contributed by atoms with Crippen molar-refractivity contribution in [3.05, 3.63) is 35.4 Å². The third-order valence-corrected chi connectivity index (χ3v) is 6.21. The molecule has 0 radical (unpaired) electrons. The monoisotopic (exact) mass is 286 g/mol. The van der Waals surface area contributed by atoms with Gasteiger partial charge in [-0.2, -0.15) is 0 Å². The van der Waals surface area contributed by atoms with E-state index in [2.05, 4.69) is 31.2 Å². The molecule has 1 aromatic carbocycles. The van der Waals surface area contributed by atoms with E-state index in [-0.39, 0.29) is 11.5 Å². The zero-order valence-electron chi connectivity index (χ0n) is 13.5. The maximum absolute atomic E-state index is 10.9. The highest BCUT2D eigenvalue weighted by Gasteiger charge is 2.39. The highest BCUT2D eigenvalue weighted by atomic mass is 16.3. The second kappa shape index (κ2) is 6.52. The van der Waals surface area contributed by atoms with E-state index in [9.17, 15) is 5.11 Å². The molecule has 0 heterocycles. The number of benzene rings is 1. The van der Waals surface area contributed by atoms with E-state index in [1.54, 1.807) is 0 Å². The Morgan fingerprint density at radius 2 is 1.62 bits per heavy atom. The van der Waals surface area contributed by atoms with Crippen molar-refractivity contribution in [1.29, 1.82) is 0 Å². The highest BCUT2D eigenvalue weighted by Crippen LogP contribution is 2.50. The van der Waals surface area contributed by atoms with Crippen LogP contribution < -0.4 is 0 Å². The van der Waals surface area contributed by atoms with Crippen LogP contribution >= 0.6 is 0 Å². The molecule has 0 aliphatic heterocycles. The van der Waals surface area contributed by atoms with Crippen LogP contribution in [0.3, 0.4) is 0 Å². The van der Waals surface area contributed by atoms with Crippen LogP contribution in [0.4, 0.5) is 0 Å². The molecule has 3 rings (SSSR count). The number of aliphatic hydroxyl groups is 1. The molecule has 21 heavy (non-hydrogen) atoms. The van der Waals surface area contributed by atoms with Gasteiger partial charge in [-0.1, -0.05) is 63.3 Å². The first kappa shape index (κ1) is 15.1. The average Bonchev–Trinajstić information content (AvgIpc) is 3.05. The molecule has 2 aliphatic carbocycles. The fourth-order valence-electron chi connectivity index (χ4n) is 4.64. The lowest BCUT2D eigenvalue weighted by Crippen LogP contribution is -2.25. The number of aliphatic hydroxyl groups excluding tert-OH is 1. The third-order valence-electron chi connectivity index (χ3n) is 6.21. The van der Waals surface area contributed by atoms with Gasteiger partial charge >= 0.3 is 0 Å². The minimum atomic E-state index is -0.273. The second-order valence-corrected chi connectivity index (χ2v) is 7.33. The van der Waals surface area contributed by atoms with Gasteiger partial charge in [0.15, 0.2) is 0 Å². The molecule has 0 saturated heterocycles. The molecule has 0 amide bonds. The lowest BCUT2D eigenvalue weighted by atomic mass is 9.75. The van der Waals surface area contributed by atoms with Gasteiger partial charge in [0, 0.05) is 5.41 Å². The topological polar surface area (TPSA) is 20.2 Å². The molecule has 2 fully saturated rings. The summed E-state index contributed by atoms with van der Waals surface area (Å²) in [5, 5.41) is 10.9. The normalized spacial score (nSPS) is 24.1. The minimum Gasteiger partial charge on any atom is -0.388 e. The third kappa shape index (κ3) is 3.04. The summed E-state index contributed by atoms with van der Waals surface area (Å²) in [5.74, 6) is 0.761. The number of hydrogen-bond acceptors (Lipinski definition) is 1. The van der Waals surface area contributed by atoms with Gasteiger partial charge in [0.05, 0.1) is 6.10 Å². The lowest BCUT2D eigenvalue weighted by molar-refractivity contribution is 0.0237. The second-order valence-electron chi connectivity index (χ2n) is 7.33. The minimum absolute atomic E-state index is 0.145. The molecule has 1 atom stereocenters. The van der Waals surface area contributed by atoms with E-state index in [1.807, 2.05) is 0 Å². The van der Waals surface area contributed by atoms with Gasteiger partial charge in [-0.15, -0.1) is 0 Å². The molecule has 1 aromatic rings. The zero-order chi connectivity index (χ0) is 14.7. The van der Waals surface area contributed by atoms with Crippen molar-refractivity contribution >= 4 is 0 Å². The van der Waals surface area contributed by atoms with Crippen molar-refractivity contribution in [1.82, 2.24) is 0 Å². The Labute approximate surface area is 129 Å². The molecule has 2 aliphatic rings. The fourth-order valence-corrected chi connectivity index (χ4v) is 4.64. The highest BCUT2D eigenvalue weighted by molar-refractivity contribution is 5.28. The van der Waals surface area contributed by atoms with Gasteiger partial charge in [-0.05, 0) is 49.1 Å². The molecule has 1 unspecified atom stereocenters. The molecule has 0 aromatic heterocycles. The van der Waals surface area contributed by atoms with Crippen molar-refractivity contribution in [3.8, 4) is 0 Å². The zero-order valence-corrected chi connectivity index (χ0v) is 13.5. The Morgan fingerprint density at radius 3 is 2.19 bits per heavy atom. The van der Waals surface area contributed by atoms with Gasteiger partial charge in [0.1, 0.15) is 0 Å². The first-order valence-corrected chi connectivity index (χ1v) is 9.03. The molecule has 0 bridgehead atoms. The summed E-state index contributed by atoms with van der Waals surface area (Å²) in [6.45, 7) is 2.24. The van der Waals surface area contributed by atoms with E-state index >= 15 is 0 Å². The maximum Gasteiger partial charge on any atom is 0.0846 e. The first-order valence-electron chi connectivity index (χ1n) is 9.03. The van der Waals surface area contributed by atoms with Gasteiger partial charge in [0.2, 0.25) is 0 Å². The van der Waals surface area contributed by atoms with Crippen molar-refractivity contribution < 1.29 is 5.11 Å². The first-order chi connectivity index (χ1) is 10.2. The molecular weight excluding hydrogens is 256 g/mol. The molecule has 1 nitrogen and oxygen atoms in total. The Balaban J connectivity index is 1.73. The standard InChI is InChI=1S/C20H30O/c1-2-20(14-6-7-15-20)19(21)18-12-10-17(11-13-18)16-8-4-3-5-9-16/h10-13,16,19,21H,2-9,14-15H2,1H3. The van der Waals surface area contributed by atoms with Crippen LogP contribution in [-0.4, -0.2) is 5.11 Å². The Morgan fingerprint density at radius 1 is 1.00 bits per heavy atom. The van der Waals surface area contributed by atoms with Crippen LogP contribution in [0.1, 0.15) is 94.3 Å². The summed E-state index contributed by atoms with van der Waals surface area (Å²) in [7, 11) is 0. The summed E-state index contributed by atoms with van der Waals surface area (Å²) < 4.78 is 0. The average molecular weight is 286 g/mol. The molecule has 2 saturated carbocycles. The van der Waals surface area contributed by atoms with E-state index in [0.29, 0.717) is 0 Å². The quantitative estimate of drug-likeness (QED) is 0.748. The van der Waals surface area contributed by atoms with E-state index in [4.69, 9.17) is 0 Å². The van der Waals surface area contributed by atoms with Crippen molar-refractivity contribution in [2.75, 3.05) is 0 Å². The van der Waals surface area contributed by atoms with Crippen LogP contribution in [0.2, 0.25) is 0 Å². The predicted molar refractivity (Wildman–Crippen MR) is 88.4 cm³/mol. The van der Waals surface area contributed by atoms with Crippen LogP contribution in [-0.2, 0) is 0 Å². The molecule has 1 heteroatoms. The van der Waals surface area contributed by atoms with Crippen molar-refractivity contribution in [2.45, 2.75) is 83.2 Å². The summed E-state index contributed by atoms with van der Waals surface area (Å²) in [6, 6.07) is 8.97. The molecule has 116 valence electrons. The Hall–Kier alpha value is -0.820. The molecular formula is C20H30O. The van der Waals surface area contributed by atoms with Gasteiger partial charge < -0.3 is 5.11 Å². The smallest absolute Gasteiger partial charge is 0.0846 e. The molecule has 0 spiro atoms. The van der Waals surface area contributed by atoms with Gasteiger partial charge in [-0.3, -0.25) is 0 Å². The van der Waals surface area contributed by atoms with Gasteiger partial charge in [-0.25, -0.2) is 0 Å². The number of hydrogen-bond donors (Lipinski definition) is 1.